The molecule has 2 saturated heterocycles. The fraction of sp³-hybridized carbons (Fsp3) is 0.277. The Kier molecular flexibility index (Phi) is 22.1. The lowest BCUT2D eigenvalue weighted by Crippen LogP contribution is -2.33. The van der Waals surface area contributed by atoms with E-state index in [0.29, 0.717) is 50.3 Å². The lowest BCUT2D eigenvalue weighted by Gasteiger charge is -2.22. The van der Waals surface area contributed by atoms with Crippen molar-refractivity contribution in [2.45, 2.75) is 61.4 Å². The summed E-state index contributed by atoms with van der Waals surface area (Å²) in [7, 11) is -7.44. The molecule has 3 amide bonds. The average Bonchev–Trinajstić information content (AvgIpc) is 4.33. The number of carbonyl (C=O) groups is 3. The van der Waals surface area contributed by atoms with Crippen LogP contribution in [-0.2, 0) is 50.8 Å². The Hall–Kier alpha value is -7.61. The highest BCUT2D eigenvalue weighted by Crippen LogP contribution is 2.25. The topological polar surface area (TPSA) is 217 Å². The smallest absolute Gasteiger partial charge is 0.251 e. The number of nitrogens with one attached hydrogen (secondary N) is 3. The fourth-order valence-electron chi connectivity index (χ4n) is 10.0. The highest BCUT2D eigenvalue weighted by Gasteiger charge is 2.17. The Labute approximate surface area is 483 Å². The minimum absolute atomic E-state index is 0.0361. The molecule has 0 spiro atoms. The van der Waals surface area contributed by atoms with Gasteiger partial charge in [-0.2, -0.15) is 0 Å². The predicted octanol–water partition coefficient (Wildman–Crippen LogP) is 8.27. The van der Waals surface area contributed by atoms with Gasteiger partial charge in [0.05, 0.1) is 9.79 Å². The van der Waals surface area contributed by atoms with Gasteiger partial charge in [-0.15, -0.1) is 0 Å². The third-order valence-corrected chi connectivity index (χ3v) is 16.4. The van der Waals surface area contributed by atoms with Gasteiger partial charge < -0.3 is 30.7 Å². The van der Waals surface area contributed by atoms with Crippen molar-refractivity contribution in [2.75, 3.05) is 65.4 Å². The van der Waals surface area contributed by atoms with Crippen LogP contribution in [0.4, 0.5) is 0 Å². The fourth-order valence-corrected chi connectivity index (χ4v) is 11.0. The minimum Gasteiger partial charge on any atom is -0.351 e. The Morgan fingerprint density at radius 2 is 0.939 bits per heavy atom. The predicted molar refractivity (Wildman–Crippen MR) is 325 cm³/mol. The maximum atomic E-state index is 13.5. The summed E-state index contributed by atoms with van der Waals surface area (Å²) in [4.78, 5) is 45.7. The van der Waals surface area contributed by atoms with Gasteiger partial charge in [0.2, 0.25) is 26.0 Å². The molecular weight excluding hydrogens is 1070 g/mol. The van der Waals surface area contributed by atoms with Gasteiger partial charge in [-0.25, -0.2) is 27.1 Å². The maximum Gasteiger partial charge on any atom is 0.251 e. The van der Waals surface area contributed by atoms with E-state index in [9.17, 15) is 31.2 Å². The highest BCUT2D eigenvalue weighted by molar-refractivity contribution is 7.89. The van der Waals surface area contributed by atoms with Crippen LogP contribution < -0.4 is 26.2 Å². The van der Waals surface area contributed by atoms with E-state index in [-0.39, 0.29) is 27.5 Å². The van der Waals surface area contributed by atoms with Gasteiger partial charge in [-0.05, 0) is 188 Å². The van der Waals surface area contributed by atoms with Crippen LogP contribution in [0.1, 0.15) is 74.2 Å². The SMILES string of the molecule is NS(=O)(=O)c1ccc(CCN(Cc2cccc(-c3cccc(C(=O)NCCN4CCCC4)c3)c2)C(=O)C=Cc2ccccc2)cc1.NS(=O)(=O)c1ccc(CCNCc2cccc(-c3cccc(C(=O)NCCN4CCCC4)c3)c2)cc1. The largest absolute Gasteiger partial charge is 0.351 e. The van der Waals surface area contributed by atoms with Crippen LogP contribution in [0.2, 0.25) is 0 Å². The quantitative estimate of drug-likeness (QED) is 0.0288. The van der Waals surface area contributed by atoms with E-state index in [1.165, 1.54) is 49.9 Å². The molecular formula is C65H74N8O7S2. The minimum atomic E-state index is -3.78. The zero-order chi connectivity index (χ0) is 57.7. The first-order valence-electron chi connectivity index (χ1n) is 28.0. The van der Waals surface area contributed by atoms with Gasteiger partial charge in [0.15, 0.2) is 0 Å². The van der Waals surface area contributed by atoms with Crippen molar-refractivity contribution in [3.8, 4) is 22.3 Å². The molecule has 2 heterocycles. The summed E-state index contributed by atoms with van der Waals surface area (Å²) < 4.78 is 46.1. The number of primary sulfonamides is 2. The van der Waals surface area contributed by atoms with Crippen molar-refractivity contribution < 1.29 is 31.2 Å². The molecule has 2 aliphatic heterocycles. The van der Waals surface area contributed by atoms with Crippen molar-refractivity contribution in [3.63, 3.8) is 0 Å². The lowest BCUT2D eigenvalue weighted by atomic mass is 10.0. The lowest BCUT2D eigenvalue weighted by molar-refractivity contribution is -0.126. The maximum absolute atomic E-state index is 13.5. The van der Waals surface area contributed by atoms with E-state index in [0.717, 1.165) is 102 Å². The summed E-state index contributed by atoms with van der Waals surface area (Å²) in [6.45, 7) is 9.78. The number of carbonyl (C=O) groups excluding carboxylic acids is 3. The van der Waals surface area contributed by atoms with Gasteiger partial charge in [-0.1, -0.05) is 115 Å². The summed E-state index contributed by atoms with van der Waals surface area (Å²) in [5.41, 5.74) is 10.2. The molecule has 2 aliphatic rings. The number of nitrogens with two attached hydrogens (primary N) is 2. The van der Waals surface area contributed by atoms with E-state index < -0.39 is 20.0 Å². The average molecular weight is 1140 g/mol. The summed E-state index contributed by atoms with van der Waals surface area (Å²) >= 11 is 0. The number of amides is 3. The number of rotatable bonds is 24. The Morgan fingerprint density at radius 3 is 1.44 bits per heavy atom. The molecule has 0 saturated carbocycles. The summed E-state index contributed by atoms with van der Waals surface area (Å²) in [5, 5.41) is 19.9. The second-order valence-corrected chi connectivity index (χ2v) is 23.9. The molecule has 0 bridgehead atoms. The summed E-state index contributed by atoms with van der Waals surface area (Å²) in [5.74, 6) is -0.259. The zero-order valence-corrected chi connectivity index (χ0v) is 47.9. The molecule has 428 valence electrons. The molecule has 9 rings (SSSR count). The third kappa shape index (κ3) is 19.0. The molecule has 0 aliphatic carbocycles. The van der Waals surface area contributed by atoms with Crippen LogP contribution in [0.3, 0.4) is 0 Å². The Morgan fingerprint density at radius 1 is 0.488 bits per heavy atom. The zero-order valence-electron chi connectivity index (χ0n) is 46.3. The summed E-state index contributed by atoms with van der Waals surface area (Å²) in [6, 6.07) is 54.4. The van der Waals surface area contributed by atoms with Gasteiger partial charge >= 0.3 is 0 Å². The number of hydrogen-bond acceptors (Lipinski definition) is 10. The van der Waals surface area contributed by atoms with E-state index in [2.05, 4.69) is 43.9 Å². The van der Waals surface area contributed by atoms with Crippen molar-refractivity contribution in [1.82, 2.24) is 30.7 Å². The molecule has 0 aromatic heterocycles. The van der Waals surface area contributed by atoms with Crippen molar-refractivity contribution in [2.24, 2.45) is 10.3 Å². The van der Waals surface area contributed by atoms with Crippen LogP contribution in [0.5, 0.6) is 0 Å². The van der Waals surface area contributed by atoms with Crippen LogP contribution >= 0.6 is 0 Å². The monoisotopic (exact) mass is 1140 g/mol. The molecule has 17 heteroatoms. The molecule has 0 unspecified atom stereocenters. The molecule has 2 fully saturated rings. The van der Waals surface area contributed by atoms with E-state index in [4.69, 9.17) is 10.3 Å². The highest BCUT2D eigenvalue weighted by atomic mass is 32.2. The van der Waals surface area contributed by atoms with Crippen molar-refractivity contribution in [3.05, 3.63) is 221 Å². The molecule has 82 heavy (non-hydrogen) atoms. The first-order valence-corrected chi connectivity index (χ1v) is 31.1. The van der Waals surface area contributed by atoms with Crippen molar-refractivity contribution >= 4 is 43.8 Å². The second kappa shape index (κ2) is 29.9. The van der Waals surface area contributed by atoms with Crippen LogP contribution in [-0.4, -0.2) is 115 Å². The number of likely N-dealkylation sites (tertiary alicyclic amines) is 2. The molecule has 7 aromatic rings. The number of sulfonamides is 2. The number of benzene rings is 7. The van der Waals surface area contributed by atoms with Gasteiger partial charge in [0.1, 0.15) is 0 Å². The molecule has 15 nitrogen and oxygen atoms in total. The number of hydrogen-bond donors (Lipinski definition) is 5. The third-order valence-electron chi connectivity index (χ3n) is 14.6. The van der Waals surface area contributed by atoms with Gasteiger partial charge in [0, 0.05) is 63.0 Å². The Bertz CT molecular complexity index is 3500. The van der Waals surface area contributed by atoms with Crippen molar-refractivity contribution in [1.29, 1.82) is 0 Å². The molecule has 0 atom stereocenters. The molecule has 7 N–H and O–H groups in total. The van der Waals surface area contributed by atoms with Crippen LogP contribution in [0.15, 0.2) is 192 Å². The van der Waals surface area contributed by atoms with E-state index in [1.54, 1.807) is 41.3 Å². The first kappa shape index (κ1) is 60.5. The molecule has 0 radical (unpaired) electrons. The van der Waals surface area contributed by atoms with E-state index >= 15 is 0 Å². The van der Waals surface area contributed by atoms with Crippen LogP contribution in [0, 0.1) is 0 Å². The molecule has 7 aromatic carbocycles. The van der Waals surface area contributed by atoms with E-state index in [1.807, 2.05) is 109 Å². The number of nitrogens with zero attached hydrogens (tertiary/aromatic N) is 3. The van der Waals surface area contributed by atoms with Crippen LogP contribution in [0.25, 0.3) is 28.3 Å². The first-order chi connectivity index (χ1) is 39.6. The summed E-state index contributed by atoms with van der Waals surface area (Å²) in [6.07, 6.45) is 9.64. The normalized spacial score (nSPS) is 13.8. The second-order valence-electron chi connectivity index (χ2n) is 20.7. The standard InChI is InChI=1S/C37H40N4O4S.C28H34N4O3S/c38-46(44,45)35-17-14-30(15-18-35)20-24-41(36(42)19-16-29-8-2-1-3-9-29)28-31-10-6-11-32(26-31)33-12-7-13-34(27-33)37(43)39-21-25-40-22-4-5-23-40;29-36(34,35)27-11-9-22(10-12-27)13-14-30-21-23-5-3-6-24(19-23)25-7-4-8-26(20-25)28(33)31-15-18-32-16-1-2-17-32/h1-3,6-19,26-27H,4-5,20-25,28H2,(H,39,43)(H2,38,44,45);3-12,19-20,30H,1-2,13-18,21H2,(H,31,33)(H2,29,34,35). The Balaban J connectivity index is 0.000000221. The van der Waals surface area contributed by atoms with Gasteiger partial charge in [0.25, 0.3) is 11.8 Å². The van der Waals surface area contributed by atoms with Gasteiger partial charge in [-0.3, -0.25) is 14.4 Å².